The zero-order valence-electron chi connectivity index (χ0n) is 9.14. The van der Waals surface area contributed by atoms with Crippen molar-refractivity contribution in [3.63, 3.8) is 0 Å². The molecule has 1 rings (SSSR count). The summed E-state index contributed by atoms with van der Waals surface area (Å²) in [5.74, 6) is -0.162. The Balaban J connectivity index is 2.90. The standard InChI is InChI=1S/C11H17FN2O/c1-3-5-15-11-7-10(14-4-2)9(13)6-8(11)12/h6-7,14H,3-5,13H2,1-2H3. The smallest absolute Gasteiger partial charge is 0.167 e. The highest BCUT2D eigenvalue weighted by molar-refractivity contribution is 5.68. The predicted molar refractivity (Wildman–Crippen MR) is 60.8 cm³/mol. The van der Waals surface area contributed by atoms with E-state index in [0.29, 0.717) is 18.0 Å². The highest BCUT2D eigenvalue weighted by Crippen LogP contribution is 2.28. The number of benzene rings is 1. The molecule has 0 atom stereocenters. The van der Waals surface area contributed by atoms with Gasteiger partial charge in [0.2, 0.25) is 0 Å². The fraction of sp³-hybridized carbons (Fsp3) is 0.455. The van der Waals surface area contributed by atoms with E-state index in [9.17, 15) is 4.39 Å². The number of rotatable bonds is 5. The van der Waals surface area contributed by atoms with Gasteiger partial charge in [-0.2, -0.15) is 0 Å². The number of halogens is 1. The summed E-state index contributed by atoms with van der Waals surface area (Å²) in [5.41, 5.74) is 6.76. The number of nitrogens with one attached hydrogen (secondary N) is 1. The molecule has 3 nitrogen and oxygen atoms in total. The van der Waals surface area contributed by atoms with Gasteiger partial charge in [0, 0.05) is 18.7 Å². The summed E-state index contributed by atoms with van der Waals surface area (Å²) in [4.78, 5) is 0. The summed E-state index contributed by atoms with van der Waals surface area (Å²) in [5, 5.41) is 3.05. The molecule has 0 unspecified atom stereocenters. The van der Waals surface area contributed by atoms with Crippen LogP contribution in [-0.4, -0.2) is 13.2 Å². The van der Waals surface area contributed by atoms with Crippen LogP contribution in [0.15, 0.2) is 12.1 Å². The average molecular weight is 212 g/mol. The third kappa shape index (κ3) is 3.01. The highest BCUT2D eigenvalue weighted by atomic mass is 19.1. The number of nitrogens with two attached hydrogens (primary N) is 1. The van der Waals surface area contributed by atoms with Gasteiger partial charge >= 0.3 is 0 Å². The van der Waals surface area contributed by atoms with Gasteiger partial charge in [0.15, 0.2) is 11.6 Å². The van der Waals surface area contributed by atoms with Crippen LogP contribution in [0.1, 0.15) is 20.3 Å². The predicted octanol–water partition coefficient (Wildman–Crippen LogP) is 2.63. The number of nitrogen functional groups attached to an aromatic ring is 1. The second kappa shape index (κ2) is 5.44. The fourth-order valence-electron chi connectivity index (χ4n) is 1.23. The average Bonchev–Trinajstić information content (AvgIpc) is 2.20. The Labute approximate surface area is 89.4 Å². The van der Waals surface area contributed by atoms with Crippen LogP contribution in [0.25, 0.3) is 0 Å². The molecule has 0 saturated heterocycles. The summed E-state index contributed by atoms with van der Waals surface area (Å²) in [7, 11) is 0. The molecule has 15 heavy (non-hydrogen) atoms. The van der Waals surface area contributed by atoms with Gasteiger partial charge in [-0.25, -0.2) is 4.39 Å². The van der Waals surface area contributed by atoms with E-state index in [1.165, 1.54) is 6.07 Å². The van der Waals surface area contributed by atoms with Crippen LogP contribution >= 0.6 is 0 Å². The minimum Gasteiger partial charge on any atom is -0.490 e. The van der Waals surface area contributed by atoms with Gasteiger partial charge in [0.05, 0.1) is 18.0 Å². The van der Waals surface area contributed by atoms with Crippen LogP contribution < -0.4 is 15.8 Å². The normalized spacial score (nSPS) is 10.1. The Kier molecular flexibility index (Phi) is 4.21. The van der Waals surface area contributed by atoms with Crippen molar-refractivity contribution >= 4 is 11.4 Å². The molecule has 0 amide bonds. The molecule has 0 aliphatic rings. The molecule has 0 aliphatic heterocycles. The number of hydrogen-bond donors (Lipinski definition) is 2. The van der Waals surface area contributed by atoms with Crippen molar-refractivity contribution in [2.24, 2.45) is 0 Å². The van der Waals surface area contributed by atoms with Crippen molar-refractivity contribution in [3.8, 4) is 5.75 Å². The molecule has 3 N–H and O–H groups in total. The lowest BCUT2D eigenvalue weighted by Crippen LogP contribution is -2.04. The van der Waals surface area contributed by atoms with Gasteiger partial charge < -0.3 is 15.8 Å². The van der Waals surface area contributed by atoms with Crippen LogP contribution in [0.5, 0.6) is 5.75 Å². The van der Waals surface area contributed by atoms with Crippen molar-refractivity contribution in [1.82, 2.24) is 0 Å². The van der Waals surface area contributed by atoms with Crippen molar-refractivity contribution in [2.45, 2.75) is 20.3 Å². The molecule has 4 heteroatoms. The molecule has 0 heterocycles. The first-order valence-corrected chi connectivity index (χ1v) is 5.14. The van der Waals surface area contributed by atoms with E-state index >= 15 is 0 Å². The lowest BCUT2D eigenvalue weighted by molar-refractivity contribution is 0.301. The molecule has 0 fully saturated rings. The monoisotopic (exact) mass is 212 g/mol. The fourth-order valence-corrected chi connectivity index (χ4v) is 1.23. The van der Waals surface area contributed by atoms with E-state index in [4.69, 9.17) is 10.5 Å². The summed E-state index contributed by atoms with van der Waals surface area (Å²) in [6, 6.07) is 2.88. The summed E-state index contributed by atoms with van der Waals surface area (Å²) >= 11 is 0. The zero-order valence-corrected chi connectivity index (χ0v) is 9.14. The minimum atomic E-state index is -0.414. The third-order valence-corrected chi connectivity index (χ3v) is 1.93. The van der Waals surface area contributed by atoms with Crippen LogP contribution in [0.2, 0.25) is 0 Å². The first-order valence-electron chi connectivity index (χ1n) is 5.14. The molecule has 0 spiro atoms. The zero-order chi connectivity index (χ0) is 11.3. The lowest BCUT2D eigenvalue weighted by Gasteiger charge is -2.11. The Bertz CT molecular complexity index is 329. The van der Waals surface area contributed by atoms with E-state index < -0.39 is 5.82 Å². The maximum absolute atomic E-state index is 13.4. The van der Waals surface area contributed by atoms with E-state index in [2.05, 4.69) is 5.32 Å². The van der Waals surface area contributed by atoms with Gasteiger partial charge in [-0.3, -0.25) is 0 Å². The summed E-state index contributed by atoms with van der Waals surface area (Å²) < 4.78 is 18.6. The topological polar surface area (TPSA) is 47.3 Å². The van der Waals surface area contributed by atoms with Gasteiger partial charge in [-0.05, 0) is 13.3 Å². The van der Waals surface area contributed by atoms with E-state index in [0.717, 1.165) is 13.0 Å². The molecular weight excluding hydrogens is 195 g/mol. The van der Waals surface area contributed by atoms with Gasteiger partial charge in [0.25, 0.3) is 0 Å². The second-order valence-corrected chi connectivity index (χ2v) is 3.25. The van der Waals surface area contributed by atoms with Crippen LogP contribution in [-0.2, 0) is 0 Å². The molecule has 0 aliphatic carbocycles. The van der Waals surface area contributed by atoms with Crippen molar-refractivity contribution < 1.29 is 9.13 Å². The van der Waals surface area contributed by atoms with Gasteiger partial charge in [-0.1, -0.05) is 6.92 Å². The quantitative estimate of drug-likeness (QED) is 0.737. The Morgan fingerprint density at radius 2 is 2.13 bits per heavy atom. The van der Waals surface area contributed by atoms with Crippen molar-refractivity contribution in [1.29, 1.82) is 0 Å². The second-order valence-electron chi connectivity index (χ2n) is 3.25. The minimum absolute atomic E-state index is 0.252. The molecule has 1 aromatic carbocycles. The summed E-state index contributed by atoms with van der Waals surface area (Å²) in [6.45, 7) is 5.17. The van der Waals surface area contributed by atoms with Crippen LogP contribution in [0.4, 0.5) is 15.8 Å². The van der Waals surface area contributed by atoms with Crippen LogP contribution in [0.3, 0.4) is 0 Å². The highest BCUT2D eigenvalue weighted by Gasteiger charge is 2.08. The van der Waals surface area contributed by atoms with Crippen molar-refractivity contribution in [2.75, 3.05) is 24.2 Å². The van der Waals surface area contributed by atoms with Gasteiger partial charge in [0.1, 0.15) is 0 Å². The maximum atomic E-state index is 13.4. The molecule has 0 radical (unpaired) electrons. The Morgan fingerprint density at radius 1 is 1.40 bits per heavy atom. The molecule has 0 aromatic heterocycles. The van der Waals surface area contributed by atoms with E-state index in [-0.39, 0.29) is 5.75 Å². The Morgan fingerprint density at radius 3 is 2.73 bits per heavy atom. The van der Waals surface area contributed by atoms with Gasteiger partial charge in [-0.15, -0.1) is 0 Å². The third-order valence-electron chi connectivity index (χ3n) is 1.93. The molecule has 84 valence electrons. The SMILES string of the molecule is CCCOc1cc(NCC)c(N)cc1F. The van der Waals surface area contributed by atoms with E-state index in [1.54, 1.807) is 6.07 Å². The Hall–Kier alpha value is -1.45. The largest absolute Gasteiger partial charge is 0.490 e. The molecule has 0 bridgehead atoms. The first-order chi connectivity index (χ1) is 7.19. The van der Waals surface area contributed by atoms with Crippen molar-refractivity contribution in [3.05, 3.63) is 17.9 Å². The summed E-state index contributed by atoms with van der Waals surface area (Å²) in [6.07, 6.45) is 0.848. The maximum Gasteiger partial charge on any atom is 0.167 e. The molecular formula is C11H17FN2O. The number of hydrogen-bond acceptors (Lipinski definition) is 3. The molecule has 0 saturated carbocycles. The molecule has 1 aromatic rings. The lowest BCUT2D eigenvalue weighted by atomic mass is 10.2. The van der Waals surface area contributed by atoms with E-state index in [1.807, 2.05) is 13.8 Å². The van der Waals surface area contributed by atoms with Crippen LogP contribution in [0, 0.1) is 5.82 Å². The number of ether oxygens (including phenoxy) is 1. The first kappa shape index (κ1) is 11.6. The number of anilines is 2.